The summed E-state index contributed by atoms with van der Waals surface area (Å²) < 4.78 is 9.93. The Labute approximate surface area is 110 Å². The van der Waals surface area contributed by atoms with Crippen molar-refractivity contribution in [2.75, 3.05) is 13.2 Å². The summed E-state index contributed by atoms with van der Waals surface area (Å²) in [6, 6.07) is 7.13. The van der Waals surface area contributed by atoms with Crippen molar-refractivity contribution in [3.63, 3.8) is 0 Å². The molecule has 1 N–H and O–H groups in total. The van der Waals surface area contributed by atoms with E-state index in [2.05, 4.69) is 4.98 Å². The van der Waals surface area contributed by atoms with Crippen LogP contribution >= 0.6 is 0 Å². The van der Waals surface area contributed by atoms with Gasteiger partial charge in [0.2, 0.25) is 0 Å². The van der Waals surface area contributed by atoms with E-state index in [1.165, 1.54) is 0 Å². The molecule has 0 aliphatic rings. The van der Waals surface area contributed by atoms with E-state index in [4.69, 9.17) is 9.47 Å². The Morgan fingerprint density at radius 3 is 1.74 bits per heavy atom. The zero-order valence-electron chi connectivity index (χ0n) is 10.9. The van der Waals surface area contributed by atoms with E-state index in [-0.39, 0.29) is 24.6 Å². The quantitative estimate of drug-likeness (QED) is 0.859. The first-order chi connectivity index (χ1) is 9.19. The molecule has 0 saturated carbocycles. The summed E-state index contributed by atoms with van der Waals surface area (Å²) in [4.78, 5) is 26.5. The largest absolute Gasteiger partial charge is 0.461 e. The van der Waals surface area contributed by atoms with Gasteiger partial charge in [-0.2, -0.15) is 0 Å². The van der Waals surface area contributed by atoms with E-state index >= 15 is 0 Å². The number of aromatic amines is 1. The Kier molecular flexibility index (Phi) is 3.85. The first kappa shape index (κ1) is 13.1. The zero-order chi connectivity index (χ0) is 13.8. The number of fused-ring (bicyclic) bond motifs is 1. The monoisotopic (exact) mass is 261 g/mol. The van der Waals surface area contributed by atoms with Crippen LogP contribution in [-0.4, -0.2) is 30.1 Å². The molecule has 0 atom stereocenters. The minimum Gasteiger partial charge on any atom is -0.461 e. The van der Waals surface area contributed by atoms with Crippen LogP contribution < -0.4 is 0 Å². The number of rotatable bonds is 4. The molecular weight excluding hydrogens is 246 g/mol. The highest BCUT2D eigenvalue weighted by Crippen LogP contribution is 2.24. The molecule has 0 saturated heterocycles. The van der Waals surface area contributed by atoms with Crippen LogP contribution in [0.5, 0.6) is 0 Å². The molecule has 1 heterocycles. The van der Waals surface area contributed by atoms with Crippen LogP contribution in [0.15, 0.2) is 24.3 Å². The number of ether oxygens (including phenoxy) is 2. The molecule has 2 rings (SSSR count). The van der Waals surface area contributed by atoms with Gasteiger partial charge in [-0.3, -0.25) is 0 Å². The molecule has 1 aromatic carbocycles. The summed E-state index contributed by atoms with van der Waals surface area (Å²) in [5.41, 5.74) is 0.556. The average Bonchev–Trinajstić information content (AvgIpc) is 2.79. The lowest BCUT2D eigenvalue weighted by Gasteiger charge is -1.99. The van der Waals surface area contributed by atoms with E-state index in [0.717, 1.165) is 0 Å². The highest BCUT2D eigenvalue weighted by atomic mass is 16.5. The molecule has 0 aliphatic carbocycles. The van der Waals surface area contributed by atoms with Crippen molar-refractivity contribution in [1.29, 1.82) is 0 Å². The van der Waals surface area contributed by atoms with Crippen LogP contribution in [0.2, 0.25) is 0 Å². The minimum absolute atomic E-state index is 0.278. The summed E-state index contributed by atoms with van der Waals surface area (Å²) in [7, 11) is 0. The summed E-state index contributed by atoms with van der Waals surface area (Å²) in [6.07, 6.45) is 0. The maximum Gasteiger partial charge on any atom is 0.355 e. The highest BCUT2D eigenvalue weighted by Gasteiger charge is 2.21. The van der Waals surface area contributed by atoms with Crippen molar-refractivity contribution < 1.29 is 19.1 Å². The van der Waals surface area contributed by atoms with Crippen LogP contribution in [-0.2, 0) is 9.47 Å². The molecule has 1 aromatic heterocycles. The fourth-order valence-corrected chi connectivity index (χ4v) is 1.91. The van der Waals surface area contributed by atoms with E-state index in [0.29, 0.717) is 10.8 Å². The number of esters is 2. The van der Waals surface area contributed by atoms with Crippen LogP contribution in [0.4, 0.5) is 0 Å². The molecule has 0 bridgehead atoms. The van der Waals surface area contributed by atoms with Gasteiger partial charge in [-0.05, 0) is 13.8 Å². The smallest absolute Gasteiger partial charge is 0.355 e. The Hall–Kier alpha value is -2.30. The lowest BCUT2D eigenvalue weighted by atomic mass is 10.1. The molecule has 0 radical (unpaired) electrons. The molecule has 100 valence electrons. The summed E-state index contributed by atoms with van der Waals surface area (Å²) >= 11 is 0. The second kappa shape index (κ2) is 5.56. The van der Waals surface area contributed by atoms with Crippen LogP contribution in [0.1, 0.15) is 34.8 Å². The Morgan fingerprint density at radius 1 is 0.947 bits per heavy atom. The SMILES string of the molecule is CCOC(=O)c1[nH]c(C(=O)OCC)c2ccccc12. The zero-order valence-corrected chi connectivity index (χ0v) is 10.9. The summed E-state index contributed by atoms with van der Waals surface area (Å²) in [5.74, 6) is -0.955. The first-order valence-electron chi connectivity index (χ1n) is 6.14. The topological polar surface area (TPSA) is 68.4 Å². The molecule has 19 heavy (non-hydrogen) atoms. The molecule has 0 spiro atoms. The fourth-order valence-electron chi connectivity index (χ4n) is 1.91. The van der Waals surface area contributed by atoms with Crippen LogP contribution in [0.25, 0.3) is 10.8 Å². The van der Waals surface area contributed by atoms with Gasteiger partial charge < -0.3 is 14.5 Å². The number of hydrogen-bond acceptors (Lipinski definition) is 4. The van der Waals surface area contributed by atoms with Crippen molar-refractivity contribution in [1.82, 2.24) is 4.98 Å². The van der Waals surface area contributed by atoms with Gasteiger partial charge in [0.05, 0.1) is 13.2 Å². The van der Waals surface area contributed by atoms with Crippen molar-refractivity contribution >= 4 is 22.7 Å². The van der Waals surface area contributed by atoms with Crippen LogP contribution in [0, 0.1) is 0 Å². The number of aromatic nitrogens is 1. The average molecular weight is 261 g/mol. The van der Waals surface area contributed by atoms with E-state index in [1.54, 1.807) is 38.1 Å². The number of H-pyrrole nitrogens is 1. The molecular formula is C14H15NO4. The Bertz CT molecular complexity index is 563. The first-order valence-corrected chi connectivity index (χ1v) is 6.14. The summed E-state index contributed by atoms with van der Waals surface area (Å²) in [6.45, 7) is 4.02. The standard InChI is InChI=1S/C14H15NO4/c1-3-18-13(16)11-9-7-5-6-8-10(9)12(15-11)14(17)19-4-2/h5-8,15H,3-4H2,1-2H3. The number of benzene rings is 1. The molecule has 0 fully saturated rings. The third kappa shape index (κ3) is 2.45. The van der Waals surface area contributed by atoms with Crippen LogP contribution in [0.3, 0.4) is 0 Å². The molecule has 2 aromatic rings. The van der Waals surface area contributed by atoms with Crippen molar-refractivity contribution in [3.05, 3.63) is 35.7 Å². The van der Waals surface area contributed by atoms with Gasteiger partial charge in [-0.1, -0.05) is 24.3 Å². The lowest BCUT2D eigenvalue weighted by Crippen LogP contribution is -2.08. The highest BCUT2D eigenvalue weighted by molar-refractivity contribution is 6.11. The fraction of sp³-hybridized carbons (Fsp3) is 0.286. The van der Waals surface area contributed by atoms with E-state index < -0.39 is 11.9 Å². The van der Waals surface area contributed by atoms with Crippen molar-refractivity contribution in [2.45, 2.75) is 13.8 Å². The predicted molar refractivity (Wildman–Crippen MR) is 70.2 cm³/mol. The third-order valence-electron chi connectivity index (χ3n) is 2.67. The van der Waals surface area contributed by atoms with E-state index in [1.807, 2.05) is 0 Å². The van der Waals surface area contributed by atoms with Gasteiger partial charge in [0.1, 0.15) is 11.4 Å². The Balaban J connectivity index is 2.54. The minimum atomic E-state index is -0.478. The normalized spacial score (nSPS) is 10.4. The number of carbonyl (C=O) groups is 2. The molecule has 5 nitrogen and oxygen atoms in total. The predicted octanol–water partition coefficient (Wildman–Crippen LogP) is 2.52. The number of nitrogens with one attached hydrogen (secondary N) is 1. The maximum atomic E-state index is 11.8. The van der Waals surface area contributed by atoms with E-state index in [9.17, 15) is 9.59 Å². The second-order valence-corrected chi connectivity index (χ2v) is 3.86. The van der Waals surface area contributed by atoms with Gasteiger partial charge in [-0.15, -0.1) is 0 Å². The maximum absolute atomic E-state index is 11.8. The summed E-state index contributed by atoms with van der Waals surface area (Å²) in [5, 5.41) is 1.31. The molecule has 0 amide bonds. The van der Waals surface area contributed by atoms with Crippen molar-refractivity contribution in [2.24, 2.45) is 0 Å². The van der Waals surface area contributed by atoms with Gasteiger partial charge in [0, 0.05) is 10.8 Å². The van der Waals surface area contributed by atoms with Gasteiger partial charge in [0.15, 0.2) is 0 Å². The van der Waals surface area contributed by atoms with Gasteiger partial charge >= 0.3 is 11.9 Å². The molecule has 0 unspecified atom stereocenters. The lowest BCUT2D eigenvalue weighted by molar-refractivity contribution is 0.0518. The Morgan fingerprint density at radius 2 is 1.37 bits per heavy atom. The second-order valence-electron chi connectivity index (χ2n) is 3.86. The molecule has 5 heteroatoms. The molecule has 0 aliphatic heterocycles. The van der Waals surface area contributed by atoms with Gasteiger partial charge in [-0.25, -0.2) is 9.59 Å². The number of carbonyl (C=O) groups excluding carboxylic acids is 2. The third-order valence-corrected chi connectivity index (χ3v) is 2.67. The number of hydrogen-bond donors (Lipinski definition) is 1. The van der Waals surface area contributed by atoms with Crippen molar-refractivity contribution in [3.8, 4) is 0 Å². The van der Waals surface area contributed by atoms with Gasteiger partial charge in [0.25, 0.3) is 0 Å².